The van der Waals surface area contributed by atoms with Crippen molar-refractivity contribution in [2.45, 2.75) is 53.4 Å². The molecule has 0 aliphatic rings. The van der Waals surface area contributed by atoms with Gasteiger partial charge in [-0.1, -0.05) is 61.4 Å². The molecule has 0 radical (unpaired) electrons. The van der Waals surface area contributed by atoms with E-state index in [1.54, 1.807) is 0 Å². The highest BCUT2D eigenvalue weighted by atomic mass is 16.5. The van der Waals surface area contributed by atoms with E-state index in [0.717, 1.165) is 13.2 Å². The van der Waals surface area contributed by atoms with Crippen LogP contribution in [0.3, 0.4) is 0 Å². The van der Waals surface area contributed by atoms with Crippen LogP contribution in [0.25, 0.3) is 0 Å². The molecule has 2 rings (SSSR count). The molecule has 2 aromatic rings. The molecular formula is C22H30O. The van der Waals surface area contributed by atoms with Crippen molar-refractivity contribution in [2.24, 2.45) is 0 Å². The Morgan fingerprint density at radius 2 is 1.09 bits per heavy atom. The van der Waals surface area contributed by atoms with Crippen LogP contribution < -0.4 is 0 Å². The van der Waals surface area contributed by atoms with Crippen molar-refractivity contribution < 1.29 is 4.74 Å². The van der Waals surface area contributed by atoms with Gasteiger partial charge < -0.3 is 4.74 Å². The lowest BCUT2D eigenvalue weighted by molar-refractivity contribution is 0.113. The molecule has 0 bridgehead atoms. The molecule has 23 heavy (non-hydrogen) atoms. The maximum atomic E-state index is 6.06. The maximum Gasteiger partial charge on any atom is 0.0532 e. The number of hydrogen-bond donors (Lipinski definition) is 0. The van der Waals surface area contributed by atoms with Gasteiger partial charge in [-0.05, 0) is 49.9 Å². The fourth-order valence-corrected chi connectivity index (χ4v) is 3.18. The van der Waals surface area contributed by atoms with E-state index in [0.29, 0.717) is 11.8 Å². The molecule has 0 N–H and O–H groups in total. The van der Waals surface area contributed by atoms with Crippen LogP contribution in [0.4, 0.5) is 0 Å². The zero-order valence-corrected chi connectivity index (χ0v) is 15.4. The molecule has 0 saturated heterocycles. The van der Waals surface area contributed by atoms with Crippen molar-refractivity contribution in [3.05, 3.63) is 69.8 Å². The second kappa shape index (κ2) is 7.79. The summed E-state index contributed by atoms with van der Waals surface area (Å²) in [5.74, 6) is 0.862. The van der Waals surface area contributed by atoms with E-state index >= 15 is 0 Å². The van der Waals surface area contributed by atoms with Crippen LogP contribution in [0.5, 0.6) is 0 Å². The number of benzene rings is 2. The van der Waals surface area contributed by atoms with Crippen molar-refractivity contribution in [1.29, 1.82) is 0 Å². The molecule has 2 unspecified atom stereocenters. The summed E-state index contributed by atoms with van der Waals surface area (Å²) in [6.07, 6.45) is 0. The predicted molar refractivity (Wildman–Crippen MR) is 99.5 cm³/mol. The van der Waals surface area contributed by atoms with Gasteiger partial charge >= 0.3 is 0 Å². The summed E-state index contributed by atoms with van der Waals surface area (Å²) >= 11 is 0. The Kier molecular flexibility index (Phi) is 6.01. The minimum atomic E-state index is 0.431. The van der Waals surface area contributed by atoms with Gasteiger partial charge in [0, 0.05) is 11.8 Å². The highest BCUT2D eigenvalue weighted by molar-refractivity contribution is 5.34. The maximum absolute atomic E-state index is 6.06. The normalized spacial score (nSPS) is 13.8. The van der Waals surface area contributed by atoms with Gasteiger partial charge in [0.25, 0.3) is 0 Å². The van der Waals surface area contributed by atoms with Gasteiger partial charge in [-0.25, -0.2) is 0 Å². The number of hydrogen-bond acceptors (Lipinski definition) is 1. The third-order valence-corrected chi connectivity index (χ3v) is 4.67. The van der Waals surface area contributed by atoms with Crippen LogP contribution in [-0.2, 0) is 4.74 Å². The molecule has 2 aromatic carbocycles. The minimum Gasteiger partial charge on any atom is -0.380 e. The Bertz CT molecular complexity index is 600. The standard InChI is InChI=1S/C22H30O/c1-15-7-9-17(3)21(11-15)19(5)13-23-14-20(6)22-12-16(2)8-10-18(22)4/h7-12,19-20H,13-14H2,1-6H3. The first-order valence-corrected chi connectivity index (χ1v) is 8.60. The molecule has 0 saturated carbocycles. The van der Waals surface area contributed by atoms with Gasteiger partial charge in [0.15, 0.2) is 0 Å². The summed E-state index contributed by atoms with van der Waals surface area (Å²) in [5.41, 5.74) is 8.17. The quantitative estimate of drug-likeness (QED) is 0.651. The number of aryl methyl sites for hydroxylation is 4. The number of rotatable bonds is 6. The molecule has 0 fully saturated rings. The molecule has 0 aliphatic carbocycles. The molecule has 1 heteroatoms. The highest BCUT2D eigenvalue weighted by Gasteiger charge is 2.12. The van der Waals surface area contributed by atoms with E-state index in [2.05, 4.69) is 77.9 Å². The van der Waals surface area contributed by atoms with Crippen LogP contribution in [0.2, 0.25) is 0 Å². The molecule has 0 spiro atoms. The lowest BCUT2D eigenvalue weighted by atomic mass is 9.94. The van der Waals surface area contributed by atoms with E-state index in [-0.39, 0.29) is 0 Å². The van der Waals surface area contributed by atoms with Gasteiger partial charge in [0.05, 0.1) is 13.2 Å². The Hall–Kier alpha value is -1.60. The molecule has 2 atom stereocenters. The molecule has 1 nitrogen and oxygen atoms in total. The van der Waals surface area contributed by atoms with Gasteiger partial charge in [0.2, 0.25) is 0 Å². The third kappa shape index (κ3) is 4.68. The zero-order valence-electron chi connectivity index (χ0n) is 15.4. The average Bonchev–Trinajstić information content (AvgIpc) is 2.51. The van der Waals surface area contributed by atoms with Crippen molar-refractivity contribution >= 4 is 0 Å². The fourth-order valence-electron chi connectivity index (χ4n) is 3.18. The van der Waals surface area contributed by atoms with E-state index < -0.39 is 0 Å². The Morgan fingerprint density at radius 1 is 0.696 bits per heavy atom. The monoisotopic (exact) mass is 310 g/mol. The van der Waals surface area contributed by atoms with Gasteiger partial charge in [0.1, 0.15) is 0 Å². The van der Waals surface area contributed by atoms with Crippen molar-refractivity contribution in [2.75, 3.05) is 13.2 Å². The lowest BCUT2D eigenvalue weighted by Gasteiger charge is -2.19. The van der Waals surface area contributed by atoms with Gasteiger partial charge in [-0.15, -0.1) is 0 Å². The molecule has 124 valence electrons. The first-order valence-electron chi connectivity index (χ1n) is 8.60. The third-order valence-electron chi connectivity index (χ3n) is 4.67. The highest BCUT2D eigenvalue weighted by Crippen LogP contribution is 2.24. The molecule has 0 aromatic heterocycles. The van der Waals surface area contributed by atoms with Crippen LogP contribution in [0.1, 0.15) is 59.1 Å². The second-order valence-electron chi connectivity index (χ2n) is 7.06. The summed E-state index contributed by atoms with van der Waals surface area (Å²) in [4.78, 5) is 0. The zero-order chi connectivity index (χ0) is 17.0. The molecule has 0 heterocycles. The van der Waals surface area contributed by atoms with Gasteiger partial charge in [-0.3, -0.25) is 0 Å². The second-order valence-corrected chi connectivity index (χ2v) is 7.06. The molecular weight excluding hydrogens is 280 g/mol. The Balaban J connectivity index is 1.93. The minimum absolute atomic E-state index is 0.431. The first kappa shape index (κ1) is 17.7. The fraction of sp³-hybridized carbons (Fsp3) is 0.455. The van der Waals surface area contributed by atoms with Crippen LogP contribution >= 0.6 is 0 Å². The van der Waals surface area contributed by atoms with Crippen molar-refractivity contribution in [3.8, 4) is 0 Å². The van der Waals surface area contributed by atoms with E-state index in [1.807, 2.05) is 0 Å². The van der Waals surface area contributed by atoms with Gasteiger partial charge in [-0.2, -0.15) is 0 Å². The predicted octanol–water partition coefficient (Wildman–Crippen LogP) is 5.84. The van der Waals surface area contributed by atoms with Crippen molar-refractivity contribution in [3.63, 3.8) is 0 Å². The smallest absolute Gasteiger partial charge is 0.0532 e. The summed E-state index contributed by atoms with van der Waals surface area (Å²) < 4.78 is 6.06. The lowest BCUT2D eigenvalue weighted by Crippen LogP contribution is -2.11. The van der Waals surface area contributed by atoms with Crippen molar-refractivity contribution in [1.82, 2.24) is 0 Å². The van der Waals surface area contributed by atoms with E-state index in [9.17, 15) is 0 Å². The Morgan fingerprint density at radius 3 is 1.48 bits per heavy atom. The summed E-state index contributed by atoms with van der Waals surface area (Å²) in [7, 11) is 0. The molecule has 0 amide bonds. The first-order chi connectivity index (χ1) is 10.9. The van der Waals surface area contributed by atoms with Crippen LogP contribution in [0.15, 0.2) is 36.4 Å². The largest absolute Gasteiger partial charge is 0.380 e. The topological polar surface area (TPSA) is 9.23 Å². The van der Waals surface area contributed by atoms with E-state index in [1.165, 1.54) is 33.4 Å². The molecule has 0 aliphatic heterocycles. The van der Waals surface area contributed by atoms with E-state index in [4.69, 9.17) is 4.74 Å². The summed E-state index contributed by atoms with van der Waals surface area (Å²) in [6, 6.07) is 13.3. The summed E-state index contributed by atoms with van der Waals surface area (Å²) in [6.45, 7) is 14.7. The van der Waals surface area contributed by atoms with Crippen LogP contribution in [0, 0.1) is 27.7 Å². The number of ether oxygens (including phenoxy) is 1. The SMILES string of the molecule is Cc1ccc(C)c(C(C)COCC(C)c2cc(C)ccc2C)c1. The summed E-state index contributed by atoms with van der Waals surface area (Å²) in [5, 5.41) is 0. The average molecular weight is 310 g/mol. The Labute approximate surface area is 141 Å². The van der Waals surface area contributed by atoms with Crippen LogP contribution in [-0.4, -0.2) is 13.2 Å².